The lowest BCUT2D eigenvalue weighted by Gasteiger charge is -2.31. The van der Waals surface area contributed by atoms with Crippen molar-refractivity contribution in [2.75, 3.05) is 18.1 Å². The van der Waals surface area contributed by atoms with Crippen molar-refractivity contribution < 1.29 is 19.1 Å². The molecule has 0 fully saturated rings. The normalized spacial score (nSPS) is 12.9. The summed E-state index contributed by atoms with van der Waals surface area (Å²) in [5, 5.41) is 7.59. The van der Waals surface area contributed by atoms with Gasteiger partial charge in [-0.25, -0.2) is 4.79 Å². The third-order valence-electron chi connectivity index (χ3n) is 6.02. The van der Waals surface area contributed by atoms with Crippen LogP contribution in [0.1, 0.15) is 43.5 Å². The number of nitrogens with zero attached hydrogens (tertiary/aromatic N) is 1. The number of ether oxygens (including phenoxy) is 1. The van der Waals surface area contributed by atoms with Crippen molar-refractivity contribution in [1.29, 1.82) is 0 Å². The van der Waals surface area contributed by atoms with E-state index in [0.717, 1.165) is 21.9 Å². The average molecular weight is 522 g/mol. The zero-order chi connectivity index (χ0) is 27.3. The number of nitrogens with one attached hydrogen (secondary N) is 2. The molecule has 0 aliphatic carbocycles. The number of hydrogen-bond donors (Lipinski definition) is 3. The van der Waals surface area contributed by atoms with Crippen LogP contribution in [-0.2, 0) is 14.3 Å². The number of benzene rings is 3. The monoisotopic (exact) mass is 521 g/mol. The van der Waals surface area contributed by atoms with E-state index >= 15 is 0 Å². The van der Waals surface area contributed by atoms with Gasteiger partial charge in [0.25, 0.3) is 5.91 Å². The summed E-state index contributed by atoms with van der Waals surface area (Å²) in [6.07, 6.45) is -0.725. The molecule has 37 heavy (non-hydrogen) atoms. The molecule has 8 heteroatoms. The van der Waals surface area contributed by atoms with E-state index in [1.54, 1.807) is 27.8 Å². The molecule has 0 aromatic heterocycles. The van der Waals surface area contributed by atoms with Crippen molar-refractivity contribution in [3.63, 3.8) is 0 Å². The standard InChI is InChI=1S/C29H35N3O4S/c1-18-11-12-22(15-19(18)2)25(26(33)30-23-14-13-20-9-7-8-10-21(20)16-23)32(6)27(34)24(17-37)31-28(35)36-29(3,4)5/h7-16,24-25,37H,17H2,1-6H3,(H,30,33)(H,31,35). The Bertz CT molecular complexity index is 1300. The minimum absolute atomic E-state index is 0.0361. The Labute approximate surface area is 224 Å². The zero-order valence-electron chi connectivity index (χ0n) is 22.2. The molecule has 3 aromatic carbocycles. The molecule has 3 aromatic rings. The number of rotatable bonds is 7. The van der Waals surface area contributed by atoms with Gasteiger partial charge in [0.15, 0.2) is 0 Å². The van der Waals surface area contributed by atoms with Crippen molar-refractivity contribution >= 4 is 47.0 Å². The summed E-state index contributed by atoms with van der Waals surface area (Å²) in [5.41, 5.74) is 2.64. The molecule has 7 nitrogen and oxygen atoms in total. The molecule has 0 heterocycles. The summed E-state index contributed by atoms with van der Waals surface area (Å²) in [6, 6.07) is 17.3. The average Bonchev–Trinajstić information content (AvgIpc) is 2.83. The molecule has 0 saturated carbocycles. The topological polar surface area (TPSA) is 87.7 Å². The van der Waals surface area contributed by atoms with Crippen molar-refractivity contribution in [2.24, 2.45) is 0 Å². The Kier molecular flexibility index (Phi) is 8.86. The SMILES string of the molecule is Cc1ccc(C(C(=O)Nc2ccc3ccccc3c2)N(C)C(=O)C(CS)NC(=O)OC(C)(C)C)cc1C. The van der Waals surface area contributed by atoms with Gasteiger partial charge in [-0.2, -0.15) is 12.6 Å². The third kappa shape index (κ3) is 7.26. The molecular weight excluding hydrogens is 486 g/mol. The number of alkyl carbamates (subject to hydrolysis) is 1. The quantitative estimate of drug-likeness (QED) is 0.363. The van der Waals surface area contributed by atoms with Gasteiger partial charge in [0, 0.05) is 18.5 Å². The number of likely N-dealkylation sites (N-methyl/N-ethyl adjacent to an activating group) is 1. The van der Waals surface area contributed by atoms with Gasteiger partial charge in [-0.3, -0.25) is 9.59 Å². The molecule has 196 valence electrons. The molecular formula is C29H35N3O4S. The number of fused-ring (bicyclic) bond motifs is 1. The smallest absolute Gasteiger partial charge is 0.408 e. The second-order valence-electron chi connectivity index (χ2n) is 10.1. The van der Waals surface area contributed by atoms with Crippen molar-refractivity contribution in [3.8, 4) is 0 Å². The maximum Gasteiger partial charge on any atom is 0.408 e. The first-order chi connectivity index (χ1) is 17.4. The maximum absolute atomic E-state index is 13.7. The zero-order valence-corrected chi connectivity index (χ0v) is 23.1. The molecule has 0 aliphatic rings. The highest BCUT2D eigenvalue weighted by Crippen LogP contribution is 2.26. The van der Waals surface area contributed by atoms with Crippen LogP contribution in [0.5, 0.6) is 0 Å². The van der Waals surface area contributed by atoms with Gasteiger partial charge >= 0.3 is 6.09 Å². The Morgan fingerprint density at radius 2 is 1.62 bits per heavy atom. The lowest BCUT2D eigenvalue weighted by molar-refractivity contribution is -0.138. The fourth-order valence-corrected chi connectivity index (χ4v) is 4.22. The van der Waals surface area contributed by atoms with Crippen molar-refractivity contribution in [3.05, 3.63) is 77.4 Å². The van der Waals surface area contributed by atoms with Gasteiger partial charge in [0.2, 0.25) is 5.91 Å². The van der Waals surface area contributed by atoms with E-state index in [0.29, 0.717) is 11.3 Å². The number of carbonyl (C=O) groups excluding carboxylic acids is 3. The van der Waals surface area contributed by atoms with Gasteiger partial charge in [0.05, 0.1) is 0 Å². The Balaban J connectivity index is 1.91. The second-order valence-corrected chi connectivity index (χ2v) is 10.5. The molecule has 0 aliphatic heterocycles. The highest BCUT2D eigenvalue weighted by molar-refractivity contribution is 7.80. The Morgan fingerprint density at radius 1 is 0.946 bits per heavy atom. The maximum atomic E-state index is 13.7. The summed E-state index contributed by atoms with van der Waals surface area (Å²) in [4.78, 5) is 40.9. The van der Waals surface area contributed by atoms with Crippen LogP contribution in [-0.4, -0.2) is 47.3 Å². The fraction of sp³-hybridized carbons (Fsp3) is 0.345. The third-order valence-corrected chi connectivity index (χ3v) is 6.38. The summed E-state index contributed by atoms with van der Waals surface area (Å²) in [5.74, 6) is -0.795. The van der Waals surface area contributed by atoms with E-state index in [4.69, 9.17) is 4.74 Å². The molecule has 0 spiro atoms. The van der Waals surface area contributed by atoms with Gasteiger partial charge in [-0.15, -0.1) is 0 Å². The first kappa shape index (κ1) is 28.1. The molecule has 0 bridgehead atoms. The van der Waals surface area contributed by atoms with E-state index in [1.165, 1.54) is 4.90 Å². The van der Waals surface area contributed by atoms with Crippen molar-refractivity contribution in [2.45, 2.75) is 52.3 Å². The van der Waals surface area contributed by atoms with Gasteiger partial charge in [0.1, 0.15) is 17.7 Å². The van der Waals surface area contributed by atoms with Crippen LogP contribution in [0.25, 0.3) is 10.8 Å². The molecule has 2 N–H and O–H groups in total. The second kappa shape index (κ2) is 11.7. The molecule has 2 atom stereocenters. The van der Waals surface area contributed by atoms with Crippen LogP contribution in [0.2, 0.25) is 0 Å². The van der Waals surface area contributed by atoms with E-state index in [1.807, 2.05) is 74.5 Å². The minimum Gasteiger partial charge on any atom is -0.444 e. The molecule has 3 rings (SSSR count). The number of aryl methyl sites for hydroxylation is 2. The van der Waals surface area contributed by atoms with Gasteiger partial charge in [-0.1, -0.05) is 48.5 Å². The summed E-state index contributed by atoms with van der Waals surface area (Å²) >= 11 is 4.27. The fourth-order valence-electron chi connectivity index (χ4n) is 3.97. The number of amides is 3. The molecule has 0 saturated heterocycles. The lowest BCUT2D eigenvalue weighted by atomic mass is 9.98. The van der Waals surface area contributed by atoms with Crippen LogP contribution in [0.15, 0.2) is 60.7 Å². The van der Waals surface area contributed by atoms with Crippen molar-refractivity contribution in [1.82, 2.24) is 10.2 Å². The van der Waals surface area contributed by atoms with Gasteiger partial charge in [-0.05, 0) is 74.2 Å². The number of anilines is 1. The van der Waals surface area contributed by atoms with E-state index in [9.17, 15) is 14.4 Å². The van der Waals surface area contributed by atoms with Crippen LogP contribution in [0.3, 0.4) is 0 Å². The van der Waals surface area contributed by atoms with E-state index in [-0.39, 0.29) is 11.7 Å². The highest BCUT2D eigenvalue weighted by atomic mass is 32.1. The largest absolute Gasteiger partial charge is 0.444 e. The van der Waals surface area contributed by atoms with Crippen LogP contribution in [0.4, 0.5) is 10.5 Å². The number of hydrogen-bond acceptors (Lipinski definition) is 5. The predicted octanol–water partition coefficient (Wildman–Crippen LogP) is 5.42. The highest BCUT2D eigenvalue weighted by Gasteiger charge is 2.34. The summed E-state index contributed by atoms with van der Waals surface area (Å²) in [6.45, 7) is 9.16. The summed E-state index contributed by atoms with van der Waals surface area (Å²) in [7, 11) is 1.55. The van der Waals surface area contributed by atoms with E-state index in [2.05, 4.69) is 23.3 Å². The molecule has 0 radical (unpaired) electrons. The Hall–Kier alpha value is -3.52. The van der Waals surface area contributed by atoms with Crippen LogP contribution < -0.4 is 10.6 Å². The Morgan fingerprint density at radius 3 is 2.24 bits per heavy atom. The number of carbonyl (C=O) groups is 3. The first-order valence-corrected chi connectivity index (χ1v) is 12.8. The minimum atomic E-state index is -0.981. The summed E-state index contributed by atoms with van der Waals surface area (Å²) < 4.78 is 5.30. The molecule has 2 unspecified atom stereocenters. The predicted molar refractivity (Wildman–Crippen MR) is 151 cm³/mol. The van der Waals surface area contributed by atoms with Gasteiger partial charge < -0.3 is 20.3 Å². The van der Waals surface area contributed by atoms with Crippen LogP contribution in [0, 0.1) is 13.8 Å². The molecule has 3 amide bonds. The number of thiol groups is 1. The first-order valence-electron chi connectivity index (χ1n) is 12.1. The van der Waals surface area contributed by atoms with Crippen LogP contribution >= 0.6 is 12.6 Å². The lowest BCUT2D eigenvalue weighted by Crippen LogP contribution is -2.52. The van der Waals surface area contributed by atoms with E-state index < -0.39 is 29.7 Å².